The Balaban J connectivity index is 3.66. The number of carbonyl (C=O) groups is 2. The fourth-order valence-electron chi connectivity index (χ4n) is 0.758. The molecule has 1 atom stereocenters. The van der Waals surface area contributed by atoms with Crippen LogP contribution < -0.4 is 10.6 Å². The summed E-state index contributed by atoms with van der Waals surface area (Å²) in [6.07, 6.45) is -2.86. The highest BCUT2D eigenvalue weighted by Crippen LogP contribution is 1.91. The summed E-state index contributed by atoms with van der Waals surface area (Å²) in [4.78, 5) is 21.0. The summed E-state index contributed by atoms with van der Waals surface area (Å²) >= 11 is 0. The van der Waals surface area contributed by atoms with Crippen LogP contribution in [0.5, 0.6) is 0 Å². The molecule has 14 heavy (non-hydrogen) atoms. The number of hydrogen-bond acceptors (Lipinski definition) is 2. The number of hydrogen-bond donors (Lipinski definition) is 3. The summed E-state index contributed by atoms with van der Waals surface area (Å²) in [6, 6.07) is -1.38. The lowest BCUT2D eigenvalue weighted by molar-refractivity contribution is -0.137. The number of carboxylic acids is 1. The quantitative estimate of drug-likeness (QED) is 0.615. The first kappa shape index (κ1) is 12.6. The van der Waals surface area contributed by atoms with Crippen LogP contribution in [0.2, 0.25) is 0 Å². The minimum Gasteiger partial charge on any atom is -0.481 e. The van der Waals surface area contributed by atoms with E-state index in [4.69, 9.17) is 5.11 Å². The maximum atomic E-state index is 11.6. The minimum absolute atomic E-state index is 0.248. The number of rotatable bonds is 5. The van der Waals surface area contributed by atoms with Gasteiger partial charge in [-0.25, -0.2) is 13.6 Å². The first-order valence-corrected chi connectivity index (χ1v) is 3.96. The first-order valence-electron chi connectivity index (χ1n) is 3.96. The van der Waals surface area contributed by atoms with E-state index in [9.17, 15) is 18.4 Å². The summed E-state index contributed by atoms with van der Waals surface area (Å²) in [5.41, 5.74) is 0. The topological polar surface area (TPSA) is 78.4 Å². The molecule has 0 bridgehead atoms. The van der Waals surface area contributed by atoms with Gasteiger partial charge in [-0.15, -0.1) is 0 Å². The van der Waals surface area contributed by atoms with Crippen molar-refractivity contribution in [1.82, 2.24) is 10.6 Å². The molecule has 7 heteroatoms. The second kappa shape index (κ2) is 6.11. The molecule has 0 radical (unpaired) electrons. The van der Waals surface area contributed by atoms with E-state index < -0.39 is 31.0 Å². The van der Waals surface area contributed by atoms with Crippen LogP contribution in [0.15, 0.2) is 0 Å². The van der Waals surface area contributed by atoms with Crippen LogP contribution >= 0.6 is 0 Å². The molecule has 0 spiro atoms. The lowest BCUT2D eigenvalue weighted by Gasteiger charge is -2.12. The zero-order valence-corrected chi connectivity index (χ0v) is 7.59. The Morgan fingerprint density at radius 3 is 2.43 bits per heavy atom. The molecule has 0 saturated carbocycles. The van der Waals surface area contributed by atoms with Crippen molar-refractivity contribution in [2.24, 2.45) is 0 Å². The minimum atomic E-state index is -2.62. The number of carbonyl (C=O) groups excluding carboxylic acids is 1. The van der Waals surface area contributed by atoms with E-state index in [1.165, 1.54) is 6.92 Å². The molecule has 2 amide bonds. The molecular formula is C7H12F2N2O3. The molecule has 0 rings (SSSR count). The van der Waals surface area contributed by atoms with E-state index in [1.54, 1.807) is 0 Å². The van der Waals surface area contributed by atoms with E-state index in [0.717, 1.165) is 0 Å². The van der Waals surface area contributed by atoms with Crippen molar-refractivity contribution in [2.75, 3.05) is 6.54 Å². The normalized spacial score (nSPS) is 12.3. The van der Waals surface area contributed by atoms with Crippen LogP contribution in [0.3, 0.4) is 0 Å². The van der Waals surface area contributed by atoms with Gasteiger partial charge in [0.2, 0.25) is 0 Å². The van der Waals surface area contributed by atoms with Gasteiger partial charge in [0.05, 0.1) is 13.0 Å². The zero-order chi connectivity index (χ0) is 11.1. The molecule has 0 aliphatic heterocycles. The predicted molar refractivity (Wildman–Crippen MR) is 44.3 cm³/mol. The molecule has 0 aromatic heterocycles. The molecule has 0 fully saturated rings. The molecule has 0 aromatic rings. The van der Waals surface area contributed by atoms with Crippen molar-refractivity contribution in [2.45, 2.75) is 25.8 Å². The van der Waals surface area contributed by atoms with Crippen LogP contribution in [0.4, 0.5) is 13.6 Å². The van der Waals surface area contributed by atoms with Crippen LogP contribution in [-0.2, 0) is 4.79 Å². The Hall–Kier alpha value is -1.40. The van der Waals surface area contributed by atoms with Crippen LogP contribution in [0.1, 0.15) is 13.3 Å². The van der Waals surface area contributed by atoms with Crippen molar-refractivity contribution in [3.8, 4) is 0 Å². The van der Waals surface area contributed by atoms with Gasteiger partial charge in [0, 0.05) is 6.04 Å². The molecule has 0 aromatic carbocycles. The molecule has 3 N–H and O–H groups in total. The van der Waals surface area contributed by atoms with Gasteiger partial charge in [-0.1, -0.05) is 0 Å². The molecular weight excluding hydrogens is 198 g/mol. The van der Waals surface area contributed by atoms with Gasteiger partial charge in [0.15, 0.2) is 0 Å². The second-order valence-electron chi connectivity index (χ2n) is 2.74. The smallest absolute Gasteiger partial charge is 0.315 e. The SMILES string of the molecule is CC(CC(=O)O)NC(=O)NCC(F)F. The van der Waals surface area contributed by atoms with Crippen molar-refractivity contribution in [3.05, 3.63) is 0 Å². The fraction of sp³-hybridized carbons (Fsp3) is 0.714. The maximum absolute atomic E-state index is 11.6. The highest BCUT2D eigenvalue weighted by Gasteiger charge is 2.11. The maximum Gasteiger partial charge on any atom is 0.315 e. The molecule has 0 aliphatic rings. The van der Waals surface area contributed by atoms with Gasteiger partial charge in [0.1, 0.15) is 0 Å². The number of nitrogens with one attached hydrogen (secondary N) is 2. The number of urea groups is 1. The Morgan fingerprint density at radius 2 is 2.00 bits per heavy atom. The summed E-state index contributed by atoms with van der Waals surface area (Å²) in [7, 11) is 0. The molecule has 1 unspecified atom stereocenters. The number of amides is 2. The Kier molecular flexibility index (Phi) is 5.50. The number of halogens is 2. The number of aliphatic carboxylic acids is 1. The summed E-state index contributed by atoms with van der Waals surface area (Å²) in [6.45, 7) is 0.724. The van der Waals surface area contributed by atoms with Crippen LogP contribution in [-0.4, -0.2) is 36.1 Å². The molecule has 0 saturated heterocycles. The van der Waals surface area contributed by atoms with E-state index in [1.807, 2.05) is 5.32 Å². The second-order valence-corrected chi connectivity index (χ2v) is 2.74. The standard InChI is InChI=1S/C7H12F2N2O3/c1-4(2-6(12)13)11-7(14)10-3-5(8)9/h4-5H,2-3H2,1H3,(H,12,13)(H2,10,11,14). The third-order valence-electron chi connectivity index (χ3n) is 1.28. The van der Waals surface area contributed by atoms with Crippen LogP contribution in [0, 0.1) is 0 Å². The summed E-state index contributed by atoms with van der Waals surface area (Å²) in [5.74, 6) is -1.06. The summed E-state index contributed by atoms with van der Waals surface area (Å²) < 4.78 is 23.2. The zero-order valence-electron chi connectivity index (χ0n) is 7.59. The Morgan fingerprint density at radius 1 is 1.43 bits per heavy atom. The first-order chi connectivity index (χ1) is 6.41. The van der Waals surface area contributed by atoms with Gasteiger partial charge >= 0.3 is 12.0 Å². The van der Waals surface area contributed by atoms with Gasteiger partial charge in [0.25, 0.3) is 6.43 Å². The molecule has 0 aliphatic carbocycles. The van der Waals surface area contributed by atoms with Gasteiger partial charge in [-0.2, -0.15) is 0 Å². The monoisotopic (exact) mass is 210 g/mol. The number of alkyl halides is 2. The fourth-order valence-corrected chi connectivity index (χ4v) is 0.758. The van der Waals surface area contributed by atoms with Crippen molar-refractivity contribution < 1.29 is 23.5 Å². The van der Waals surface area contributed by atoms with Crippen molar-refractivity contribution >= 4 is 12.0 Å². The van der Waals surface area contributed by atoms with E-state index in [0.29, 0.717) is 0 Å². The van der Waals surface area contributed by atoms with Crippen LogP contribution in [0.25, 0.3) is 0 Å². The van der Waals surface area contributed by atoms with E-state index in [2.05, 4.69) is 5.32 Å². The largest absolute Gasteiger partial charge is 0.481 e. The molecule has 5 nitrogen and oxygen atoms in total. The predicted octanol–water partition coefficient (Wildman–Crippen LogP) is 0.414. The highest BCUT2D eigenvalue weighted by molar-refractivity contribution is 5.75. The van der Waals surface area contributed by atoms with Gasteiger partial charge in [-0.3, -0.25) is 4.79 Å². The van der Waals surface area contributed by atoms with Crippen molar-refractivity contribution in [3.63, 3.8) is 0 Å². The summed E-state index contributed by atoms with van der Waals surface area (Å²) in [5, 5.41) is 12.4. The third-order valence-corrected chi connectivity index (χ3v) is 1.28. The number of carboxylic acid groups (broad SMARTS) is 1. The van der Waals surface area contributed by atoms with Crippen molar-refractivity contribution in [1.29, 1.82) is 0 Å². The highest BCUT2D eigenvalue weighted by atomic mass is 19.3. The average Bonchev–Trinajstić information content (AvgIpc) is 1.98. The van der Waals surface area contributed by atoms with Gasteiger partial charge < -0.3 is 15.7 Å². The Bertz CT molecular complexity index is 211. The third kappa shape index (κ3) is 7.26. The lowest BCUT2D eigenvalue weighted by atomic mass is 10.2. The Labute approximate surface area is 79.5 Å². The molecule has 82 valence electrons. The van der Waals surface area contributed by atoms with Gasteiger partial charge in [-0.05, 0) is 6.92 Å². The van der Waals surface area contributed by atoms with E-state index >= 15 is 0 Å². The average molecular weight is 210 g/mol. The lowest BCUT2D eigenvalue weighted by Crippen LogP contribution is -2.43. The molecule has 0 heterocycles. The van der Waals surface area contributed by atoms with E-state index in [-0.39, 0.29) is 6.42 Å².